The van der Waals surface area contributed by atoms with Crippen molar-refractivity contribution in [3.63, 3.8) is 0 Å². The van der Waals surface area contributed by atoms with E-state index in [4.69, 9.17) is 9.72 Å². The molecule has 0 radical (unpaired) electrons. The topological polar surface area (TPSA) is 52.8 Å². The molecule has 0 saturated heterocycles. The van der Waals surface area contributed by atoms with E-state index in [2.05, 4.69) is 57.9 Å². The van der Waals surface area contributed by atoms with Gasteiger partial charge in [-0.25, -0.2) is 15.0 Å². The molecule has 1 aliphatic heterocycles. The summed E-state index contributed by atoms with van der Waals surface area (Å²) in [6.07, 6.45) is 6.89. The van der Waals surface area contributed by atoms with Gasteiger partial charge in [0.05, 0.1) is 26.1 Å². The zero-order valence-corrected chi connectivity index (χ0v) is 16.6. The van der Waals surface area contributed by atoms with E-state index in [9.17, 15) is 0 Å². The molecule has 0 N–H and O–H groups in total. The van der Waals surface area contributed by atoms with Gasteiger partial charge in [-0.05, 0) is 41.2 Å². The Bertz CT molecular complexity index is 1150. The summed E-state index contributed by atoms with van der Waals surface area (Å²) < 4.78 is 7.77. The second kappa shape index (κ2) is 7.76. The number of nitrogens with zero attached hydrogens (tertiary/aromatic N) is 4. The van der Waals surface area contributed by atoms with Crippen molar-refractivity contribution in [2.24, 2.45) is 0 Å². The molecular formula is C24H24N4O. The Kier molecular flexibility index (Phi) is 4.82. The van der Waals surface area contributed by atoms with E-state index < -0.39 is 0 Å². The Hall–Kier alpha value is -3.05. The molecule has 2 aromatic heterocycles. The predicted octanol–water partition coefficient (Wildman–Crippen LogP) is 4.91. The van der Waals surface area contributed by atoms with Crippen LogP contribution < -0.4 is 0 Å². The number of imidazole rings is 1. The van der Waals surface area contributed by atoms with Gasteiger partial charge in [0, 0.05) is 5.56 Å². The standard InChI is InChI=1S/C24H24N4O/c1-2-3-9-18-10-19-13-29-14-20(19)11-21(18)22-23-24(26-15-25-22)28(16-27-23)12-17-7-5-4-6-8-17/h4-8,10-11,15-16H,2-3,9,12-14H2,1H3. The third-order valence-corrected chi connectivity index (χ3v) is 5.59. The normalized spacial score (nSPS) is 13.1. The van der Waals surface area contributed by atoms with E-state index in [0.717, 1.165) is 42.7 Å². The minimum Gasteiger partial charge on any atom is -0.372 e. The number of hydrogen-bond donors (Lipinski definition) is 0. The molecule has 3 heterocycles. The number of aromatic nitrogens is 4. The van der Waals surface area contributed by atoms with Crippen molar-refractivity contribution < 1.29 is 4.74 Å². The second-order valence-electron chi connectivity index (χ2n) is 7.63. The van der Waals surface area contributed by atoms with Crippen molar-refractivity contribution in [2.75, 3.05) is 0 Å². The lowest BCUT2D eigenvalue weighted by atomic mass is 9.94. The highest BCUT2D eigenvalue weighted by molar-refractivity contribution is 5.88. The van der Waals surface area contributed by atoms with Crippen molar-refractivity contribution in [2.45, 2.75) is 45.9 Å². The van der Waals surface area contributed by atoms with Crippen molar-refractivity contribution in [1.29, 1.82) is 0 Å². The maximum atomic E-state index is 5.67. The van der Waals surface area contributed by atoms with Crippen molar-refractivity contribution >= 4 is 11.2 Å². The monoisotopic (exact) mass is 384 g/mol. The molecule has 0 unspecified atom stereocenters. The van der Waals surface area contributed by atoms with E-state index in [-0.39, 0.29) is 0 Å². The van der Waals surface area contributed by atoms with Gasteiger partial charge in [0.25, 0.3) is 0 Å². The van der Waals surface area contributed by atoms with Crippen LogP contribution in [-0.4, -0.2) is 19.5 Å². The van der Waals surface area contributed by atoms with Crippen LogP contribution in [0.1, 0.15) is 42.0 Å². The van der Waals surface area contributed by atoms with E-state index in [1.54, 1.807) is 6.33 Å². The summed E-state index contributed by atoms with van der Waals surface area (Å²) in [5.74, 6) is 0. The lowest BCUT2D eigenvalue weighted by Gasteiger charge is -2.12. The van der Waals surface area contributed by atoms with Gasteiger partial charge >= 0.3 is 0 Å². The van der Waals surface area contributed by atoms with Gasteiger partial charge in [0.1, 0.15) is 17.5 Å². The fraction of sp³-hybridized carbons (Fsp3) is 0.292. The molecule has 5 nitrogen and oxygen atoms in total. The summed E-state index contributed by atoms with van der Waals surface area (Å²) in [6, 6.07) is 15.0. The Labute approximate surface area is 170 Å². The molecule has 0 spiro atoms. The second-order valence-corrected chi connectivity index (χ2v) is 7.63. The van der Waals surface area contributed by atoms with E-state index >= 15 is 0 Å². The summed E-state index contributed by atoms with van der Waals surface area (Å²) in [6.45, 7) is 4.35. The van der Waals surface area contributed by atoms with Gasteiger partial charge in [-0.2, -0.15) is 0 Å². The summed E-state index contributed by atoms with van der Waals surface area (Å²) in [4.78, 5) is 13.9. The first-order valence-corrected chi connectivity index (χ1v) is 10.3. The van der Waals surface area contributed by atoms with Crippen LogP contribution in [-0.2, 0) is 30.9 Å². The molecule has 5 heteroatoms. The molecule has 146 valence electrons. The molecule has 0 bridgehead atoms. The summed E-state index contributed by atoms with van der Waals surface area (Å²) >= 11 is 0. The fourth-order valence-corrected chi connectivity index (χ4v) is 4.05. The Morgan fingerprint density at radius 1 is 1.00 bits per heavy atom. The third-order valence-electron chi connectivity index (χ3n) is 5.59. The highest BCUT2D eigenvalue weighted by Gasteiger charge is 2.19. The molecule has 4 aromatic rings. The lowest BCUT2D eigenvalue weighted by Crippen LogP contribution is -2.01. The highest BCUT2D eigenvalue weighted by atomic mass is 16.5. The first-order chi connectivity index (χ1) is 14.3. The van der Waals surface area contributed by atoms with Gasteiger partial charge in [-0.1, -0.05) is 49.7 Å². The van der Waals surface area contributed by atoms with Crippen LogP contribution >= 0.6 is 0 Å². The third kappa shape index (κ3) is 3.42. The number of hydrogen-bond acceptors (Lipinski definition) is 4. The van der Waals surface area contributed by atoms with Crippen LogP contribution in [0.4, 0.5) is 0 Å². The summed E-state index contributed by atoms with van der Waals surface area (Å²) in [7, 11) is 0. The van der Waals surface area contributed by atoms with Crippen LogP contribution in [0.3, 0.4) is 0 Å². The average molecular weight is 384 g/mol. The number of rotatable bonds is 6. The highest BCUT2D eigenvalue weighted by Crippen LogP contribution is 2.33. The lowest BCUT2D eigenvalue weighted by molar-refractivity contribution is 0.134. The molecule has 5 rings (SSSR count). The molecule has 29 heavy (non-hydrogen) atoms. The maximum Gasteiger partial charge on any atom is 0.164 e. The van der Waals surface area contributed by atoms with Crippen LogP contribution in [0.2, 0.25) is 0 Å². The summed E-state index contributed by atoms with van der Waals surface area (Å²) in [5, 5.41) is 0. The van der Waals surface area contributed by atoms with Crippen LogP contribution in [0.15, 0.2) is 55.1 Å². The number of aryl methyl sites for hydroxylation is 1. The summed E-state index contributed by atoms with van der Waals surface area (Å²) in [5.41, 5.74) is 8.94. The largest absolute Gasteiger partial charge is 0.372 e. The molecule has 0 saturated carbocycles. The Morgan fingerprint density at radius 2 is 1.83 bits per heavy atom. The Balaban J connectivity index is 1.60. The first kappa shape index (κ1) is 18.0. The van der Waals surface area contributed by atoms with Crippen LogP contribution in [0.25, 0.3) is 22.4 Å². The maximum absolute atomic E-state index is 5.67. The van der Waals surface area contributed by atoms with Gasteiger partial charge in [-0.3, -0.25) is 0 Å². The molecule has 0 fully saturated rings. The molecule has 0 aliphatic carbocycles. The smallest absolute Gasteiger partial charge is 0.164 e. The Morgan fingerprint density at radius 3 is 2.66 bits per heavy atom. The van der Waals surface area contributed by atoms with Crippen LogP contribution in [0.5, 0.6) is 0 Å². The zero-order chi connectivity index (χ0) is 19.6. The minimum absolute atomic E-state index is 0.674. The molecule has 0 atom stereocenters. The fourth-order valence-electron chi connectivity index (χ4n) is 4.05. The van der Waals surface area contributed by atoms with Gasteiger partial charge in [0.15, 0.2) is 5.65 Å². The quantitative estimate of drug-likeness (QED) is 0.474. The van der Waals surface area contributed by atoms with E-state index in [1.165, 1.54) is 27.8 Å². The SMILES string of the molecule is CCCCc1cc2c(cc1-c1ncnc3c1ncn3Cc1ccccc1)COC2. The number of fused-ring (bicyclic) bond motifs is 2. The van der Waals surface area contributed by atoms with Crippen LogP contribution in [0, 0.1) is 0 Å². The zero-order valence-electron chi connectivity index (χ0n) is 16.6. The first-order valence-electron chi connectivity index (χ1n) is 10.3. The minimum atomic E-state index is 0.674. The van der Waals surface area contributed by atoms with Crippen molar-refractivity contribution in [3.05, 3.63) is 77.4 Å². The molecule has 2 aromatic carbocycles. The van der Waals surface area contributed by atoms with Gasteiger partial charge < -0.3 is 9.30 Å². The van der Waals surface area contributed by atoms with Crippen molar-refractivity contribution in [1.82, 2.24) is 19.5 Å². The predicted molar refractivity (Wildman–Crippen MR) is 113 cm³/mol. The molecule has 1 aliphatic rings. The average Bonchev–Trinajstić information content (AvgIpc) is 3.39. The van der Waals surface area contributed by atoms with Gasteiger partial charge in [0.2, 0.25) is 0 Å². The van der Waals surface area contributed by atoms with Crippen molar-refractivity contribution in [3.8, 4) is 11.3 Å². The van der Waals surface area contributed by atoms with E-state index in [1.807, 2.05) is 12.4 Å². The van der Waals surface area contributed by atoms with E-state index in [0.29, 0.717) is 13.2 Å². The molecule has 0 amide bonds. The number of unbranched alkanes of at least 4 members (excludes halogenated alkanes) is 1. The molecular weight excluding hydrogens is 360 g/mol. The van der Waals surface area contributed by atoms with Gasteiger partial charge in [-0.15, -0.1) is 0 Å². The number of ether oxygens (including phenoxy) is 1. The number of benzene rings is 2.